The molecule has 6 aromatic rings. The number of hydrogen-bond acceptors (Lipinski definition) is 9. The Morgan fingerprint density at radius 3 is 1.39 bits per heavy atom. The van der Waals surface area contributed by atoms with Crippen molar-refractivity contribution in [3.05, 3.63) is 144 Å². The molecule has 0 radical (unpaired) electrons. The molecule has 4 aromatic carbocycles. The van der Waals surface area contributed by atoms with Gasteiger partial charge in [-0.3, -0.25) is 33.8 Å². The SMILES string of the molecule is NCCCC[C@H](NC(=O)[C@H](Cc1ccccc1)NC(=O)[C@@H](N)CCCN=C(N)N)C(=O)N[C@@H](Cc1c[nH]c2ccccc12)C(=O)N[C@@H](Cc1ccccc1)C(=O)N[C@@H](Cc1c[nH]c2ccccc12)C(N)=O. The van der Waals surface area contributed by atoms with Crippen molar-refractivity contribution < 1.29 is 28.8 Å². The van der Waals surface area contributed by atoms with Gasteiger partial charge >= 0.3 is 0 Å². The Labute approximate surface area is 411 Å². The number of nitrogens with two attached hydrogens (primary N) is 5. The van der Waals surface area contributed by atoms with Crippen molar-refractivity contribution in [1.29, 1.82) is 0 Å². The summed E-state index contributed by atoms with van der Waals surface area (Å²) in [4.78, 5) is 94.8. The van der Waals surface area contributed by atoms with E-state index < -0.39 is 71.7 Å². The highest BCUT2D eigenvalue weighted by Crippen LogP contribution is 2.21. The molecule has 0 aliphatic rings. The maximum Gasteiger partial charge on any atom is 0.243 e. The largest absolute Gasteiger partial charge is 0.370 e. The number of carbonyl (C=O) groups is 6. The van der Waals surface area contributed by atoms with Crippen LogP contribution in [0.2, 0.25) is 0 Å². The summed E-state index contributed by atoms with van der Waals surface area (Å²) in [6, 6.07) is 26.1. The lowest BCUT2D eigenvalue weighted by Gasteiger charge is -2.27. The van der Waals surface area contributed by atoms with Crippen LogP contribution in [0.5, 0.6) is 0 Å². The number of primary amides is 1. The van der Waals surface area contributed by atoms with E-state index in [0.29, 0.717) is 36.9 Å². The second-order valence-corrected chi connectivity index (χ2v) is 17.6. The second-order valence-electron chi connectivity index (χ2n) is 17.6. The monoisotopic (exact) mass is 968 g/mol. The molecule has 0 fully saturated rings. The maximum absolute atomic E-state index is 14.8. The van der Waals surface area contributed by atoms with Crippen LogP contribution in [0.4, 0.5) is 0 Å². The third-order valence-corrected chi connectivity index (χ3v) is 12.2. The third kappa shape index (κ3) is 15.5. The summed E-state index contributed by atoms with van der Waals surface area (Å²) >= 11 is 0. The zero-order chi connectivity index (χ0) is 50.7. The van der Waals surface area contributed by atoms with E-state index in [1.807, 2.05) is 72.8 Å². The Balaban J connectivity index is 1.26. The summed E-state index contributed by atoms with van der Waals surface area (Å²) in [6.45, 7) is 0.587. The summed E-state index contributed by atoms with van der Waals surface area (Å²) < 4.78 is 0. The molecule has 71 heavy (non-hydrogen) atoms. The Hall–Kier alpha value is -8.03. The number of nitrogens with zero attached hydrogens (tertiary/aromatic N) is 1. The van der Waals surface area contributed by atoms with Crippen LogP contribution in [0, 0.1) is 0 Å². The third-order valence-electron chi connectivity index (χ3n) is 12.2. The fourth-order valence-electron chi connectivity index (χ4n) is 8.37. The number of rotatable bonds is 27. The average molecular weight is 968 g/mol. The Morgan fingerprint density at radius 1 is 0.479 bits per heavy atom. The molecule has 6 rings (SSSR count). The number of benzene rings is 4. The van der Waals surface area contributed by atoms with E-state index in [-0.39, 0.29) is 51.0 Å². The van der Waals surface area contributed by atoms with Crippen LogP contribution in [0.1, 0.15) is 54.4 Å². The number of guanidine groups is 1. The molecule has 374 valence electrons. The van der Waals surface area contributed by atoms with Crippen molar-refractivity contribution in [1.82, 2.24) is 36.6 Å². The van der Waals surface area contributed by atoms with Gasteiger partial charge in [-0.2, -0.15) is 0 Å². The number of nitrogens with one attached hydrogen (secondary N) is 7. The van der Waals surface area contributed by atoms with Crippen molar-refractivity contribution in [2.45, 2.75) is 94.0 Å². The summed E-state index contributed by atoms with van der Waals surface area (Å²) in [5.41, 5.74) is 33.4. The normalized spacial score (nSPS) is 13.7. The van der Waals surface area contributed by atoms with Gasteiger partial charge in [0.25, 0.3) is 0 Å². The van der Waals surface area contributed by atoms with Crippen LogP contribution in [0.25, 0.3) is 21.8 Å². The van der Waals surface area contributed by atoms with Crippen LogP contribution in [0.3, 0.4) is 0 Å². The first-order chi connectivity index (χ1) is 34.3. The van der Waals surface area contributed by atoms with E-state index in [2.05, 4.69) is 41.5 Å². The molecule has 0 spiro atoms. The molecule has 6 atom stereocenters. The molecule has 0 bridgehead atoms. The van der Waals surface area contributed by atoms with Gasteiger partial charge in [0.05, 0.1) is 6.04 Å². The van der Waals surface area contributed by atoms with Crippen molar-refractivity contribution in [2.75, 3.05) is 13.1 Å². The highest BCUT2D eigenvalue weighted by Gasteiger charge is 2.34. The lowest BCUT2D eigenvalue weighted by atomic mass is 10.00. The van der Waals surface area contributed by atoms with Crippen LogP contribution in [-0.4, -0.2) is 101 Å². The number of fused-ring (bicyclic) bond motifs is 2. The molecule has 2 heterocycles. The topological polar surface area (TPSA) is 337 Å². The average Bonchev–Trinajstić information content (AvgIpc) is 3.98. The number of carbonyl (C=O) groups excluding carboxylic acids is 6. The lowest BCUT2D eigenvalue weighted by molar-refractivity contribution is -0.135. The highest BCUT2D eigenvalue weighted by molar-refractivity contribution is 5.97. The molecule has 6 amide bonds. The van der Waals surface area contributed by atoms with Gasteiger partial charge in [0.15, 0.2) is 5.96 Å². The minimum Gasteiger partial charge on any atom is -0.370 e. The molecule has 0 saturated heterocycles. The van der Waals surface area contributed by atoms with Gasteiger partial charge in [0.1, 0.15) is 30.2 Å². The first kappa shape index (κ1) is 52.3. The van der Waals surface area contributed by atoms with Crippen LogP contribution in [0.15, 0.2) is 127 Å². The molecule has 0 aliphatic carbocycles. The predicted molar refractivity (Wildman–Crippen MR) is 274 cm³/mol. The Bertz CT molecular complexity index is 2760. The summed E-state index contributed by atoms with van der Waals surface area (Å²) in [7, 11) is 0. The van der Waals surface area contributed by atoms with E-state index in [1.54, 1.807) is 48.8 Å². The smallest absolute Gasteiger partial charge is 0.243 e. The molecule has 2 aromatic heterocycles. The number of para-hydroxylation sites is 2. The number of amides is 6. The van der Waals surface area contributed by atoms with Crippen LogP contribution >= 0.6 is 0 Å². The number of H-pyrrole nitrogens is 2. The van der Waals surface area contributed by atoms with Gasteiger partial charge < -0.3 is 65.2 Å². The zero-order valence-corrected chi connectivity index (χ0v) is 39.6. The number of aliphatic imine (C=N–C) groups is 1. The van der Waals surface area contributed by atoms with Crippen molar-refractivity contribution in [3.63, 3.8) is 0 Å². The minimum atomic E-state index is -1.29. The molecular formula is C52H65N13O6. The standard InChI is InChI=1S/C52H65N13O6/c53-24-12-11-23-41(61-49(69)43(26-32-14-3-1-4-15-32)63-47(67)38(54)20-13-25-58-52(56)57)48(68)65-45(29-35-31-60-40-22-10-8-19-37(35)40)51(71)64-44(27-33-16-5-2-6-17-33)50(70)62-42(46(55)66)28-34-30-59-39-21-9-7-18-36(34)39/h1-10,14-19,21-22,30-31,38,41-45,59-60H,11-13,20,23-29,53-54H2,(H2,55,66)(H,61,69)(H,62,70)(H,63,67)(H,64,71)(H,65,68)(H4,56,57,58)/t38-,41-,42-,43-,44-,45-/m0/s1. The molecule has 17 N–H and O–H groups in total. The van der Waals surface area contributed by atoms with Gasteiger partial charge in [-0.1, -0.05) is 97.1 Å². The summed E-state index contributed by atoms with van der Waals surface area (Å²) in [5.74, 6) is -4.16. The Morgan fingerprint density at radius 2 is 0.901 bits per heavy atom. The molecular weight excluding hydrogens is 903 g/mol. The van der Waals surface area contributed by atoms with E-state index in [1.165, 1.54) is 0 Å². The van der Waals surface area contributed by atoms with Crippen LogP contribution in [-0.2, 0) is 54.5 Å². The highest BCUT2D eigenvalue weighted by atomic mass is 16.2. The van der Waals surface area contributed by atoms with E-state index in [9.17, 15) is 28.8 Å². The quantitative estimate of drug-likeness (QED) is 0.0200. The van der Waals surface area contributed by atoms with E-state index >= 15 is 0 Å². The molecule has 19 heteroatoms. The number of aromatic amines is 2. The number of unbranched alkanes of at least 4 members (excludes halogenated alkanes) is 1. The fourth-order valence-corrected chi connectivity index (χ4v) is 8.37. The van der Waals surface area contributed by atoms with Crippen molar-refractivity contribution >= 4 is 63.2 Å². The number of hydrogen-bond donors (Lipinski definition) is 12. The molecule has 0 saturated carbocycles. The summed E-state index contributed by atoms with van der Waals surface area (Å²) in [6.07, 6.45) is 5.40. The second kappa shape index (κ2) is 26.1. The maximum atomic E-state index is 14.8. The van der Waals surface area contributed by atoms with Gasteiger partial charge in [0, 0.05) is 66.4 Å². The molecule has 0 aliphatic heterocycles. The fraction of sp³-hybridized carbons (Fsp3) is 0.327. The summed E-state index contributed by atoms with van der Waals surface area (Å²) in [5, 5.41) is 15.9. The first-order valence-electron chi connectivity index (χ1n) is 23.8. The van der Waals surface area contributed by atoms with Gasteiger partial charge in [-0.15, -0.1) is 0 Å². The first-order valence-corrected chi connectivity index (χ1v) is 23.8. The molecule has 19 nitrogen and oxygen atoms in total. The van der Waals surface area contributed by atoms with Crippen LogP contribution < -0.4 is 55.3 Å². The predicted octanol–water partition coefficient (Wildman–Crippen LogP) is 1.34. The Kier molecular flexibility index (Phi) is 19.2. The van der Waals surface area contributed by atoms with Gasteiger partial charge in [-0.25, -0.2) is 0 Å². The molecule has 0 unspecified atom stereocenters. The van der Waals surface area contributed by atoms with Gasteiger partial charge in [0.2, 0.25) is 35.4 Å². The number of aromatic nitrogens is 2. The van der Waals surface area contributed by atoms with E-state index in [4.69, 9.17) is 28.7 Å². The van der Waals surface area contributed by atoms with Gasteiger partial charge in [-0.05, 0) is 73.0 Å². The van der Waals surface area contributed by atoms with Crippen molar-refractivity contribution in [3.8, 4) is 0 Å². The lowest BCUT2D eigenvalue weighted by Crippen LogP contribution is -2.60. The van der Waals surface area contributed by atoms with Crippen molar-refractivity contribution in [2.24, 2.45) is 33.7 Å². The minimum absolute atomic E-state index is 0.0248. The zero-order valence-electron chi connectivity index (χ0n) is 39.6. The van der Waals surface area contributed by atoms with E-state index in [0.717, 1.165) is 32.9 Å².